The first-order chi connectivity index (χ1) is 9.60. The van der Waals surface area contributed by atoms with E-state index >= 15 is 0 Å². The molecule has 1 amide bonds. The van der Waals surface area contributed by atoms with Crippen molar-refractivity contribution in [2.45, 2.75) is 44.7 Å². The fraction of sp³-hybridized carbons (Fsp3) is 0.857. The van der Waals surface area contributed by atoms with Crippen LogP contribution in [0.5, 0.6) is 0 Å². The Morgan fingerprint density at radius 2 is 2.15 bits per heavy atom. The Morgan fingerprint density at radius 1 is 1.45 bits per heavy atom. The van der Waals surface area contributed by atoms with Gasteiger partial charge in [0.25, 0.3) is 0 Å². The first-order valence-electron chi connectivity index (χ1n) is 7.34. The lowest BCUT2D eigenvalue weighted by molar-refractivity contribution is -0.132. The number of carbonyl (C=O) groups excluding carboxylic acids is 1. The molecule has 2 rings (SSSR count). The Labute approximate surface area is 125 Å². The molecule has 1 saturated carbocycles. The molecule has 5 nitrogen and oxygen atoms in total. The van der Waals surface area contributed by atoms with Gasteiger partial charge in [-0.05, 0) is 31.6 Å². The molecule has 2 fully saturated rings. The second-order valence-corrected chi connectivity index (χ2v) is 6.95. The van der Waals surface area contributed by atoms with Crippen LogP contribution in [0.4, 0.5) is 0 Å². The summed E-state index contributed by atoms with van der Waals surface area (Å²) in [4.78, 5) is 13.9. The summed E-state index contributed by atoms with van der Waals surface area (Å²) in [5, 5.41) is 10.9. The average molecular weight is 296 g/mol. The molecule has 1 unspecified atom stereocenters. The van der Waals surface area contributed by atoms with Crippen molar-refractivity contribution >= 4 is 17.7 Å². The van der Waals surface area contributed by atoms with E-state index in [4.69, 9.17) is 5.26 Å². The first-order valence-corrected chi connectivity index (χ1v) is 8.49. The summed E-state index contributed by atoms with van der Waals surface area (Å²) >= 11 is 1.65. The number of hydrogen-bond donors (Lipinski definition) is 1. The number of carbonyl (C=O) groups is 1. The number of likely N-dealkylation sites (N-methyl/N-ethyl adjacent to an activating group) is 1. The number of nitrogens with one attached hydrogen (secondary N) is 1. The van der Waals surface area contributed by atoms with Gasteiger partial charge in [0.05, 0.1) is 18.5 Å². The Balaban J connectivity index is 1.75. The minimum atomic E-state index is -0.253. The molecule has 1 aliphatic carbocycles. The minimum absolute atomic E-state index is 0.0423. The van der Waals surface area contributed by atoms with Crippen LogP contribution >= 0.6 is 11.8 Å². The van der Waals surface area contributed by atoms with Gasteiger partial charge >= 0.3 is 0 Å². The molecule has 0 aromatic rings. The van der Waals surface area contributed by atoms with Gasteiger partial charge in [-0.1, -0.05) is 6.92 Å². The SMILES string of the molecule is CC1CCC(NN(C)CC(=O)N2CSCC2C#N)CC1. The lowest BCUT2D eigenvalue weighted by atomic mass is 9.88. The maximum atomic E-state index is 12.2. The number of rotatable bonds is 4. The fourth-order valence-corrected chi connectivity index (χ4v) is 3.94. The third kappa shape index (κ3) is 4.11. The molecular formula is C14H24N4OS. The number of hydrogen-bond acceptors (Lipinski definition) is 5. The van der Waals surface area contributed by atoms with Crippen LogP contribution < -0.4 is 5.43 Å². The Kier molecular flexibility index (Phi) is 5.70. The Hall–Kier alpha value is -0.770. The lowest BCUT2D eigenvalue weighted by Gasteiger charge is -2.31. The maximum absolute atomic E-state index is 12.2. The van der Waals surface area contributed by atoms with Crippen LogP contribution in [0.3, 0.4) is 0 Å². The van der Waals surface area contributed by atoms with Crippen LogP contribution in [-0.2, 0) is 4.79 Å². The van der Waals surface area contributed by atoms with Crippen LogP contribution in [-0.4, -0.2) is 53.1 Å². The highest BCUT2D eigenvalue weighted by atomic mass is 32.2. The molecular weight excluding hydrogens is 272 g/mol. The third-order valence-corrected chi connectivity index (χ3v) is 5.16. The third-order valence-electron chi connectivity index (χ3n) is 4.14. The van der Waals surface area contributed by atoms with E-state index in [9.17, 15) is 4.79 Å². The Morgan fingerprint density at radius 3 is 2.80 bits per heavy atom. The Bertz CT molecular complexity index is 376. The van der Waals surface area contributed by atoms with Gasteiger partial charge in [-0.25, -0.2) is 5.01 Å². The van der Waals surface area contributed by atoms with Gasteiger partial charge in [-0.15, -0.1) is 11.8 Å². The monoisotopic (exact) mass is 296 g/mol. The smallest absolute Gasteiger partial charge is 0.239 e. The number of amides is 1. The minimum Gasteiger partial charge on any atom is -0.315 e. The summed E-state index contributed by atoms with van der Waals surface area (Å²) in [6, 6.07) is 2.44. The summed E-state index contributed by atoms with van der Waals surface area (Å²) in [7, 11) is 1.92. The predicted octanol–water partition coefficient (Wildman–Crippen LogP) is 1.43. The van der Waals surface area contributed by atoms with Gasteiger partial charge in [0.1, 0.15) is 6.04 Å². The summed E-state index contributed by atoms with van der Waals surface area (Å²) < 4.78 is 0. The number of hydrazine groups is 1. The van der Waals surface area contributed by atoms with Gasteiger partial charge in [-0.2, -0.15) is 5.26 Å². The predicted molar refractivity (Wildman–Crippen MR) is 80.8 cm³/mol. The highest BCUT2D eigenvalue weighted by Gasteiger charge is 2.29. The summed E-state index contributed by atoms with van der Waals surface area (Å²) in [5.41, 5.74) is 3.42. The van der Waals surface area contributed by atoms with Crippen molar-refractivity contribution in [2.75, 3.05) is 25.2 Å². The first kappa shape index (κ1) is 15.6. The fourth-order valence-electron chi connectivity index (χ4n) is 2.84. The molecule has 1 N–H and O–H groups in total. The molecule has 1 atom stereocenters. The zero-order valence-corrected chi connectivity index (χ0v) is 13.2. The molecule has 112 valence electrons. The van der Waals surface area contributed by atoms with Crippen LogP contribution in [0.25, 0.3) is 0 Å². The van der Waals surface area contributed by atoms with Gasteiger partial charge in [0.15, 0.2) is 0 Å². The van der Waals surface area contributed by atoms with Crippen LogP contribution in [0.2, 0.25) is 0 Å². The van der Waals surface area contributed by atoms with Gasteiger partial charge < -0.3 is 4.90 Å². The van der Waals surface area contributed by atoms with Crippen molar-refractivity contribution in [1.82, 2.24) is 15.3 Å². The topological polar surface area (TPSA) is 59.4 Å². The summed E-state index contributed by atoms with van der Waals surface area (Å²) in [6.45, 7) is 2.64. The molecule has 1 saturated heterocycles. The molecule has 2 aliphatic rings. The highest BCUT2D eigenvalue weighted by molar-refractivity contribution is 7.99. The summed E-state index contributed by atoms with van der Waals surface area (Å²) in [6.07, 6.45) is 4.89. The van der Waals surface area contributed by atoms with Crippen LogP contribution in [0.15, 0.2) is 0 Å². The molecule has 1 aliphatic heterocycles. The van der Waals surface area contributed by atoms with Crippen molar-refractivity contribution in [3.63, 3.8) is 0 Å². The van der Waals surface area contributed by atoms with Gasteiger partial charge in [0.2, 0.25) is 5.91 Å². The number of nitrogens with zero attached hydrogens (tertiary/aromatic N) is 3. The molecule has 0 aromatic carbocycles. The number of thioether (sulfide) groups is 1. The van der Waals surface area contributed by atoms with Crippen LogP contribution in [0.1, 0.15) is 32.6 Å². The van der Waals surface area contributed by atoms with Crippen molar-refractivity contribution in [3.8, 4) is 6.07 Å². The zero-order chi connectivity index (χ0) is 14.5. The van der Waals surface area contributed by atoms with E-state index in [2.05, 4.69) is 18.4 Å². The normalized spacial score (nSPS) is 30.5. The molecule has 0 spiro atoms. The van der Waals surface area contributed by atoms with Crippen molar-refractivity contribution < 1.29 is 4.79 Å². The van der Waals surface area contributed by atoms with E-state index in [1.807, 2.05) is 12.1 Å². The molecule has 6 heteroatoms. The molecule has 20 heavy (non-hydrogen) atoms. The maximum Gasteiger partial charge on any atom is 0.239 e. The lowest BCUT2D eigenvalue weighted by Crippen LogP contribution is -2.49. The van der Waals surface area contributed by atoms with E-state index in [0.717, 1.165) is 11.7 Å². The van der Waals surface area contributed by atoms with E-state index < -0.39 is 0 Å². The highest BCUT2D eigenvalue weighted by Crippen LogP contribution is 2.24. The second-order valence-electron chi connectivity index (χ2n) is 5.95. The van der Waals surface area contributed by atoms with Gasteiger partial charge in [-0.3, -0.25) is 10.2 Å². The zero-order valence-electron chi connectivity index (χ0n) is 12.3. The van der Waals surface area contributed by atoms with Crippen LogP contribution in [0, 0.1) is 17.2 Å². The van der Waals surface area contributed by atoms with Gasteiger partial charge in [0, 0.05) is 18.8 Å². The van der Waals surface area contributed by atoms with E-state index in [0.29, 0.717) is 18.5 Å². The molecule has 0 radical (unpaired) electrons. The van der Waals surface area contributed by atoms with Crippen molar-refractivity contribution in [1.29, 1.82) is 5.26 Å². The van der Waals surface area contributed by atoms with Crippen molar-refractivity contribution in [2.24, 2.45) is 5.92 Å². The standard InChI is InChI=1S/C14H24N4OS/c1-11-3-5-12(6-4-11)16-17(2)8-14(19)18-10-20-9-13(18)7-15/h11-13,16H,3-6,8-10H2,1-2H3. The van der Waals surface area contributed by atoms with Crippen molar-refractivity contribution in [3.05, 3.63) is 0 Å². The van der Waals surface area contributed by atoms with E-state index in [1.54, 1.807) is 16.7 Å². The average Bonchev–Trinajstić information content (AvgIpc) is 2.89. The largest absolute Gasteiger partial charge is 0.315 e. The quantitative estimate of drug-likeness (QED) is 0.795. The van der Waals surface area contributed by atoms with E-state index in [1.165, 1.54) is 25.7 Å². The second kappa shape index (κ2) is 7.30. The number of nitriles is 1. The molecule has 0 aromatic heterocycles. The molecule has 1 heterocycles. The molecule has 0 bridgehead atoms. The summed E-state index contributed by atoms with van der Waals surface area (Å²) in [5.74, 6) is 2.25. The van der Waals surface area contributed by atoms with E-state index in [-0.39, 0.29) is 11.9 Å².